The molecule has 326 valence electrons. The van der Waals surface area contributed by atoms with Gasteiger partial charge in [-0.2, -0.15) is 0 Å². The number of fused-ring (bicyclic) bond motifs is 6. The standard InChI is InChI=1S/C62H38N8/c1-3-13-37(14-4-1)61-65-51(33-57(67-61)69-53-21-11-9-17-41(53)49-35-63-29-27-55(49)69)39-23-25-45-47(31-39)59-43-19-7-8-20-44(43)60(45)48-32-40(24-26-46(48)59)52-34-58(68-62(66-52)38-15-5-2-6-16-38)70-54-22-12-10-18-42(54)50-36-64-30-28-56(50)70/h1-36,59-60H. The zero-order chi connectivity index (χ0) is 45.9. The summed E-state index contributed by atoms with van der Waals surface area (Å²) < 4.78 is 4.50. The highest BCUT2D eigenvalue weighted by molar-refractivity contribution is 6.09. The predicted octanol–water partition coefficient (Wildman–Crippen LogP) is 13.9. The largest absolute Gasteiger partial charge is 0.294 e. The molecule has 70 heavy (non-hydrogen) atoms. The summed E-state index contributed by atoms with van der Waals surface area (Å²) in [6.45, 7) is 0. The molecule has 0 fully saturated rings. The van der Waals surface area contributed by atoms with Crippen LogP contribution in [0, 0.1) is 0 Å². The Hall–Kier alpha value is -9.40. The Morgan fingerprint density at radius 3 is 1.17 bits per heavy atom. The summed E-state index contributed by atoms with van der Waals surface area (Å²) in [7, 11) is 0. The van der Waals surface area contributed by atoms with Gasteiger partial charge >= 0.3 is 0 Å². The van der Waals surface area contributed by atoms with Crippen LogP contribution in [0.4, 0.5) is 0 Å². The van der Waals surface area contributed by atoms with Crippen molar-refractivity contribution in [3.63, 3.8) is 0 Å². The highest BCUT2D eigenvalue weighted by atomic mass is 15.1. The fraction of sp³-hybridized carbons (Fsp3) is 0.0323. The number of pyridine rings is 2. The van der Waals surface area contributed by atoms with Crippen LogP contribution in [0.2, 0.25) is 0 Å². The predicted molar refractivity (Wildman–Crippen MR) is 278 cm³/mol. The lowest BCUT2D eigenvalue weighted by atomic mass is 9.60. The maximum Gasteiger partial charge on any atom is 0.162 e. The normalized spacial score (nSPS) is 14.6. The van der Waals surface area contributed by atoms with E-state index in [2.05, 4.69) is 177 Å². The van der Waals surface area contributed by atoms with Crippen LogP contribution in [0.15, 0.2) is 219 Å². The van der Waals surface area contributed by atoms with Gasteiger partial charge < -0.3 is 0 Å². The Balaban J connectivity index is 0.891. The number of aromatic nitrogens is 8. The van der Waals surface area contributed by atoms with Crippen LogP contribution < -0.4 is 0 Å². The molecule has 7 aromatic carbocycles. The van der Waals surface area contributed by atoms with E-state index in [4.69, 9.17) is 19.9 Å². The first-order valence-electron chi connectivity index (χ1n) is 23.7. The van der Waals surface area contributed by atoms with Gasteiger partial charge in [0.1, 0.15) is 11.6 Å². The van der Waals surface area contributed by atoms with Gasteiger partial charge in [0, 0.05) is 92.6 Å². The lowest BCUT2D eigenvalue weighted by Crippen LogP contribution is -2.27. The summed E-state index contributed by atoms with van der Waals surface area (Å²) in [5.74, 6) is 3.03. The summed E-state index contributed by atoms with van der Waals surface area (Å²) in [5.41, 5.74) is 17.9. The second-order valence-electron chi connectivity index (χ2n) is 18.3. The Morgan fingerprint density at radius 2 is 0.700 bits per heavy atom. The molecule has 2 atom stereocenters. The molecule has 13 aromatic rings. The molecule has 0 amide bonds. The molecule has 3 aliphatic carbocycles. The molecule has 6 aromatic heterocycles. The molecule has 2 unspecified atom stereocenters. The van der Waals surface area contributed by atoms with E-state index in [-0.39, 0.29) is 11.8 Å². The van der Waals surface area contributed by atoms with Gasteiger partial charge in [0.25, 0.3) is 0 Å². The lowest BCUT2D eigenvalue weighted by molar-refractivity contribution is 0.755. The van der Waals surface area contributed by atoms with Crippen LogP contribution in [0.1, 0.15) is 45.2 Å². The number of rotatable bonds is 6. The molecule has 0 saturated heterocycles. The second kappa shape index (κ2) is 15.1. The van der Waals surface area contributed by atoms with Crippen molar-refractivity contribution in [2.75, 3.05) is 0 Å². The van der Waals surface area contributed by atoms with Crippen LogP contribution in [-0.4, -0.2) is 39.0 Å². The first-order chi connectivity index (χ1) is 34.7. The highest BCUT2D eigenvalue weighted by Gasteiger charge is 2.41. The highest BCUT2D eigenvalue weighted by Crippen LogP contribution is 2.57. The quantitative estimate of drug-likeness (QED) is 0.165. The number of hydrogen-bond donors (Lipinski definition) is 0. The smallest absolute Gasteiger partial charge is 0.162 e. The van der Waals surface area contributed by atoms with Gasteiger partial charge in [0.2, 0.25) is 0 Å². The van der Waals surface area contributed by atoms with E-state index in [1.807, 2.05) is 61.2 Å². The van der Waals surface area contributed by atoms with Crippen molar-refractivity contribution in [1.82, 2.24) is 39.0 Å². The van der Waals surface area contributed by atoms with E-state index < -0.39 is 0 Å². The van der Waals surface area contributed by atoms with Gasteiger partial charge in [0.15, 0.2) is 11.6 Å². The molecule has 0 spiro atoms. The van der Waals surface area contributed by atoms with Crippen molar-refractivity contribution >= 4 is 43.6 Å². The summed E-state index contributed by atoms with van der Waals surface area (Å²) in [6.07, 6.45) is 7.60. The molecule has 0 N–H and O–H groups in total. The minimum Gasteiger partial charge on any atom is -0.294 e. The van der Waals surface area contributed by atoms with Crippen LogP contribution in [0.3, 0.4) is 0 Å². The van der Waals surface area contributed by atoms with Crippen molar-refractivity contribution in [3.05, 3.63) is 252 Å². The Kier molecular flexibility index (Phi) is 8.32. The van der Waals surface area contributed by atoms with Crippen molar-refractivity contribution in [1.29, 1.82) is 0 Å². The SMILES string of the molecule is c1ccc(-c2nc(-c3ccc4c(c3)C3c5ccccc5C4c4cc(-c5cc(-n6c7ccccc7c7cnccc76)nc(-c6ccccc6)n5)ccc43)cc(-n3c4ccccc4c4cnccc43)n2)cc1. The number of nitrogens with zero attached hydrogens (tertiary/aromatic N) is 8. The average molecular weight is 895 g/mol. The van der Waals surface area contributed by atoms with Crippen molar-refractivity contribution in [2.24, 2.45) is 0 Å². The molecular weight excluding hydrogens is 857 g/mol. The van der Waals surface area contributed by atoms with E-state index in [0.717, 1.165) is 88.9 Å². The Bertz CT molecular complexity index is 3890. The van der Waals surface area contributed by atoms with Gasteiger partial charge in [-0.3, -0.25) is 19.1 Å². The molecule has 6 heterocycles. The molecule has 8 nitrogen and oxygen atoms in total. The third-order valence-electron chi connectivity index (χ3n) is 14.5. The summed E-state index contributed by atoms with van der Waals surface area (Å²) in [4.78, 5) is 30.2. The first kappa shape index (κ1) is 38.7. The molecule has 0 aliphatic heterocycles. The van der Waals surface area contributed by atoms with Crippen LogP contribution >= 0.6 is 0 Å². The van der Waals surface area contributed by atoms with Gasteiger partial charge in [-0.1, -0.05) is 146 Å². The number of hydrogen-bond acceptors (Lipinski definition) is 6. The molecule has 0 radical (unpaired) electrons. The average Bonchev–Trinajstić information content (AvgIpc) is 3.96. The Labute approximate surface area is 401 Å². The minimum atomic E-state index is 0.0342. The third kappa shape index (κ3) is 5.77. The summed E-state index contributed by atoms with van der Waals surface area (Å²) >= 11 is 0. The van der Waals surface area contributed by atoms with Gasteiger partial charge in [-0.25, -0.2) is 19.9 Å². The molecule has 16 rings (SSSR count). The molecule has 8 heteroatoms. The maximum absolute atomic E-state index is 5.32. The molecule has 2 bridgehead atoms. The summed E-state index contributed by atoms with van der Waals surface area (Å²) in [6, 6.07) is 68.9. The van der Waals surface area contributed by atoms with E-state index in [9.17, 15) is 0 Å². The van der Waals surface area contributed by atoms with Crippen LogP contribution in [-0.2, 0) is 0 Å². The topological polar surface area (TPSA) is 87.2 Å². The minimum absolute atomic E-state index is 0.0342. The fourth-order valence-electron chi connectivity index (χ4n) is 11.5. The van der Waals surface area contributed by atoms with Crippen molar-refractivity contribution in [2.45, 2.75) is 11.8 Å². The number of para-hydroxylation sites is 2. The lowest BCUT2D eigenvalue weighted by Gasteiger charge is -2.42. The van der Waals surface area contributed by atoms with Crippen molar-refractivity contribution in [3.8, 4) is 56.9 Å². The molecule has 3 aliphatic rings. The zero-order valence-electron chi connectivity index (χ0n) is 37.5. The van der Waals surface area contributed by atoms with Gasteiger partial charge in [-0.05, 0) is 69.8 Å². The van der Waals surface area contributed by atoms with Crippen LogP contribution in [0.5, 0.6) is 0 Å². The van der Waals surface area contributed by atoms with E-state index in [0.29, 0.717) is 11.6 Å². The monoisotopic (exact) mass is 894 g/mol. The zero-order valence-corrected chi connectivity index (χ0v) is 37.5. The third-order valence-corrected chi connectivity index (χ3v) is 14.5. The fourth-order valence-corrected chi connectivity index (χ4v) is 11.5. The van der Waals surface area contributed by atoms with Crippen LogP contribution in [0.25, 0.3) is 101 Å². The summed E-state index contributed by atoms with van der Waals surface area (Å²) in [5, 5.41) is 4.44. The second-order valence-corrected chi connectivity index (χ2v) is 18.3. The van der Waals surface area contributed by atoms with Crippen molar-refractivity contribution < 1.29 is 0 Å². The number of benzene rings is 7. The Morgan fingerprint density at radius 1 is 0.300 bits per heavy atom. The van der Waals surface area contributed by atoms with E-state index >= 15 is 0 Å². The van der Waals surface area contributed by atoms with E-state index in [1.54, 1.807) is 0 Å². The van der Waals surface area contributed by atoms with Gasteiger partial charge in [0.05, 0.1) is 33.5 Å². The molecular formula is C62H38N8. The van der Waals surface area contributed by atoms with Gasteiger partial charge in [-0.15, -0.1) is 0 Å². The molecule has 0 saturated carbocycles. The van der Waals surface area contributed by atoms with E-state index in [1.165, 1.54) is 33.4 Å². The maximum atomic E-state index is 5.32. The first-order valence-corrected chi connectivity index (χ1v) is 23.7.